The normalized spacial score (nSPS) is 12.9. The van der Waals surface area contributed by atoms with Gasteiger partial charge in [0, 0.05) is 17.6 Å². The van der Waals surface area contributed by atoms with Crippen LogP contribution in [0.1, 0.15) is 44.4 Å². The van der Waals surface area contributed by atoms with Gasteiger partial charge in [-0.05, 0) is 24.5 Å². The van der Waals surface area contributed by atoms with E-state index in [9.17, 15) is 0 Å². The van der Waals surface area contributed by atoms with E-state index in [1.54, 1.807) is 11.3 Å². The summed E-state index contributed by atoms with van der Waals surface area (Å²) in [6.07, 6.45) is -0.000341. The second-order valence-electron chi connectivity index (χ2n) is 5.96. The number of aromatic nitrogens is 1. The van der Waals surface area contributed by atoms with Crippen molar-refractivity contribution in [2.24, 2.45) is 5.41 Å². The van der Waals surface area contributed by atoms with E-state index in [0.29, 0.717) is 12.2 Å². The zero-order valence-corrected chi connectivity index (χ0v) is 13.7. The van der Waals surface area contributed by atoms with E-state index in [1.165, 1.54) is 0 Å². The van der Waals surface area contributed by atoms with E-state index in [4.69, 9.17) is 15.0 Å². The molecule has 0 saturated carbocycles. The molecule has 0 fully saturated rings. The molecule has 4 heteroatoms. The summed E-state index contributed by atoms with van der Waals surface area (Å²) in [6.45, 7) is 9.17. The highest BCUT2D eigenvalue weighted by Crippen LogP contribution is 2.38. The van der Waals surface area contributed by atoms with Crippen molar-refractivity contribution in [1.29, 1.82) is 5.26 Å². The lowest BCUT2D eigenvalue weighted by atomic mass is 9.89. The van der Waals surface area contributed by atoms with Gasteiger partial charge in [0.05, 0.1) is 17.3 Å². The minimum absolute atomic E-state index is 0.000341. The summed E-state index contributed by atoms with van der Waals surface area (Å²) >= 11 is 1.63. The van der Waals surface area contributed by atoms with Gasteiger partial charge >= 0.3 is 0 Å². The Labute approximate surface area is 130 Å². The second-order valence-corrected chi connectivity index (χ2v) is 6.85. The van der Waals surface area contributed by atoms with Crippen LogP contribution < -0.4 is 0 Å². The first-order valence-electron chi connectivity index (χ1n) is 7.03. The number of benzene rings is 1. The first-order chi connectivity index (χ1) is 9.95. The fraction of sp³-hybridized carbons (Fsp3) is 0.412. The molecule has 3 nitrogen and oxygen atoms in total. The first kappa shape index (κ1) is 15.7. The summed E-state index contributed by atoms with van der Waals surface area (Å²) in [5.74, 6) is 0. The third-order valence-electron chi connectivity index (χ3n) is 3.18. The Balaban J connectivity index is 2.29. The maximum absolute atomic E-state index is 8.84. The predicted octanol–water partition coefficient (Wildman–Crippen LogP) is 4.81. The van der Waals surface area contributed by atoms with Gasteiger partial charge in [-0.15, -0.1) is 11.3 Å². The quantitative estimate of drug-likeness (QED) is 0.814. The lowest BCUT2D eigenvalue weighted by Crippen LogP contribution is -2.21. The standard InChI is InChI=1S/C17H20N2OS/c1-5-20-15(17(2,3)4)16-19-14(11-21-16)13-8-6-12(10-18)7-9-13/h6-9,11,15H,5H2,1-4H3. The van der Waals surface area contributed by atoms with Crippen LogP contribution in [0.25, 0.3) is 11.3 Å². The van der Waals surface area contributed by atoms with Crippen LogP contribution in [-0.2, 0) is 4.74 Å². The molecule has 1 atom stereocenters. The molecule has 0 aliphatic rings. The number of hydrogen-bond donors (Lipinski definition) is 0. The van der Waals surface area contributed by atoms with Crippen molar-refractivity contribution in [3.63, 3.8) is 0 Å². The van der Waals surface area contributed by atoms with Gasteiger partial charge in [-0.25, -0.2) is 4.98 Å². The summed E-state index contributed by atoms with van der Waals surface area (Å²) < 4.78 is 5.88. The van der Waals surface area contributed by atoms with Crippen molar-refractivity contribution in [3.8, 4) is 17.3 Å². The average molecular weight is 300 g/mol. The molecule has 1 unspecified atom stereocenters. The largest absolute Gasteiger partial charge is 0.371 e. The minimum Gasteiger partial charge on any atom is -0.371 e. The number of hydrogen-bond acceptors (Lipinski definition) is 4. The monoisotopic (exact) mass is 300 g/mol. The number of nitrogens with zero attached hydrogens (tertiary/aromatic N) is 2. The van der Waals surface area contributed by atoms with Crippen LogP contribution in [0.5, 0.6) is 0 Å². The maximum atomic E-state index is 8.84. The van der Waals surface area contributed by atoms with E-state index in [0.717, 1.165) is 16.3 Å². The van der Waals surface area contributed by atoms with Crippen molar-refractivity contribution < 1.29 is 4.74 Å². The van der Waals surface area contributed by atoms with E-state index < -0.39 is 0 Å². The number of ether oxygens (including phenoxy) is 1. The third kappa shape index (κ3) is 3.69. The summed E-state index contributed by atoms with van der Waals surface area (Å²) in [6, 6.07) is 9.63. The van der Waals surface area contributed by atoms with E-state index in [-0.39, 0.29) is 11.5 Å². The Hall–Kier alpha value is -1.70. The summed E-state index contributed by atoms with van der Waals surface area (Å²) in [7, 11) is 0. The highest BCUT2D eigenvalue weighted by Gasteiger charge is 2.29. The van der Waals surface area contributed by atoms with Crippen LogP contribution in [0.4, 0.5) is 0 Å². The molecule has 1 aromatic carbocycles. The predicted molar refractivity (Wildman–Crippen MR) is 86.1 cm³/mol. The van der Waals surface area contributed by atoms with Crippen molar-refractivity contribution in [1.82, 2.24) is 4.98 Å². The van der Waals surface area contributed by atoms with Crippen LogP contribution in [0.2, 0.25) is 0 Å². The number of thiazole rings is 1. The zero-order valence-electron chi connectivity index (χ0n) is 12.9. The average Bonchev–Trinajstić information content (AvgIpc) is 2.93. The van der Waals surface area contributed by atoms with Crippen molar-refractivity contribution >= 4 is 11.3 Å². The van der Waals surface area contributed by atoms with E-state index in [1.807, 2.05) is 31.2 Å². The van der Waals surface area contributed by atoms with Gasteiger partial charge in [0.25, 0.3) is 0 Å². The van der Waals surface area contributed by atoms with E-state index >= 15 is 0 Å². The Morgan fingerprint density at radius 2 is 1.95 bits per heavy atom. The van der Waals surface area contributed by atoms with Crippen molar-refractivity contribution in [2.45, 2.75) is 33.8 Å². The summed E-state index contributed by atoms with van der Waals surface area (Å²) in [5.41, 5.74) is 2.64. The lowest BCUT2D eigenvalue weighted by Gasteiger charge is -2.28. The molecule has 0 aliphatic carbocycles. The molecule has 0 N–H and O–H groups in total. The van der Waals surface area contributed by atoms with Crippen molar-refractivity contribution in [3.05, 3.63) is 40.2 Å². The van der Waals surface area contributed by atoms with Gasteiger partial charge in [0.1, 0.15) is 11.1 Å². The Morgan fingerprint density at radius 3 is 2.48 bits per heavy atom. The molecule has 1 aromatic heterocycles. The van der Waals surface area contributed by atoms with Crippen LogP contribution in [0, 0.1) is 16.7 Å². The van der Waals surface area contributed by atoms with Crippen LogP contribution in [0.15, 0.2) is 29.6 Å². The highest BCUT2D eigenvalue weighted by molar-refractivity contribution is 7.10. The molecule has 21 heavy (non-hydrogen) atoms. The molecular formula is C17H20N2OS. The van der Waals surface area contributed by atoms with Crippen molar-refractivity contribution in [2.75, 3.05) is 6.61 Å². The molecule has 0 spiro atoms. The van der Waals surface area contributed by atoms with Gasteiger partial charge in [-0.3, -0.25) is 0 Å². The van der Waals surface area contributed by atoms with Gasteiger partial charge < -0.3 is 4.74 Å². The molecule has 0 radical (unpaired) electrons. The Morgan fingerprint density at radius 1 is 1.29 bits per heavy atom. The molecule has 2 aromatic rings. The highest BCUT2D eigenvalue weighted by atomic mass is 32.1. The molecule has 110 valence electrons. The Bertz CT molecular complexity index is 632. The lowest BCUT2D eigenvalue weighted by molar-refractivity contribution is -0.0133. The number of nitriles is 1. The summed E-state index contributed by atoms with van der Waals surface area (Å²) in [5, 5.41) is 11.9. The van der Waals surface area contributed by atoms with Crippen LogP contribution in [0.3, 0.4) is 0 Å². The summed E-state index contributed by atoms with van der Waals surface area (Å²) in [4.78, 5) is 4.73. The smallest absolute Gasteiger partial charge is 0.123 e. The van der Waals surface area contributed by atoms with E-state index in [2.05, 4.69) is 32.2 Å². The fourth-order valence-electron chi connectivity index (χ4n) is 2.11. The fourth-order valence-corrected chi connectivity index (χ4v) is 3.23. The Kier molecular flexibility index (Phi) is 4.76. The zero-order chi connectivity index (χ0) is 15.5. The van der Waals surface area contributed by atoms with Gasteiger partial charge in [-0.1, -0.05) is 32.9 Å². The third-order valence-corrected chi connectivity index (χ3v) is 4.06. The van der Waals surface area contributed by atoms with Gasteiger partial charge in [-0.2, -0.15) is 5.26 Å². The maximum Gasteiger partial charge on any atom is 0.123 e. The molecule has 0 saturated heterocycles. The number of rotatable bonds is 4. The second kappa shape index (κ2) is 6.38. The van der Waals surface area contributed by atoms with Gasteiger partial charge in [0.2, 0.25) is 0 Å². The SMILES string of the molecule is CCOC(c1nc(-c2ccc(C#N)cc2)cs1)C(C)(C)C. The molecule has 0 bridgehead atoms. The van der Waals surface area contributed by atoms with Crippen LogP contribution in [-0.4, -0.2) is 11.6 Å². The molecule has 0 aliphatic heterocycles. The molecular weight excluding hydrogens is 280 g/mol. The minimum atomic E-state index is -0.000341. The topological polar surface area (TPSA) is 45.9 Å². The first-order valence-corrected chi connectivity index (χ1v) is 7.91. The van der Waals surface area contributed by atoms with Gasteiger partial charge in [0.15, 0.2) is 0 Å². The molecule has 2 rings (SSSR count). The van der Waals surface area contributed by atoms with Crippen LogP contribution >= 0.6 is 11.3 Å². The molecule has 1 heterocycles. The molecule has 0 amide bonds.